The summed E-state index contributed by atoms with van der Waals surface area (Å²) in [7, 11) is 0. The number of ketones is 1. The number of anilines is 1. The Morgan fingerprint density at radius 1 is 1.07 bits per heavy atom. The number of carbonyl (C=O) groups is 2. The van der Waals surface area contributed by atoms with Crippen molar-refractivity contribution in [2.45, 2.75) is 25.8 Å². The third kappa shape index (κ3) is 3.36. The second-order valence-electron chi connectivity index (χ2n) is 7.17. The SMILES string of the molecule is CC(C)c1ccc([C@@H]2C(=C(O)c3ccccc3)C(=O)C(=O)N2c2nccs2)cc1. The first kappa shape index (κ1) is 19.1. The average molecular weight is 404 g/mol. The minimum atomic E-state index is -0.734. The topological polar surface area (TPSA) is 70.5 Å². The lowest BCUT2D eigenvalue weighted by Crippen LogP contribution is -2.29. The van der Waals surface area contributed by atoms with E-state index in [-0.39, 0.29) is 11.3 Å². The number of Topliss-reactive ketones (excluding diaryl/α,β-unsaturated/α-hetero) is 1. The smallest absolute Gasteiger partial charge is 0.301 e. The van der Waals surface area contributed by atoms with Gasteiger partial charge in [0.2, 0.25) is 0 Å². The molecule has 0 unspecified atom stereocenters. The Balaban J connectivity index is 1.91. The maximum absolute atomic E-state index is 13.0. The van der Waals surface area contributed by atoms with Crippen molar-refractivity contribution < 1.29 is 14.7 Å². The van der Waals surface area contributed by atoms with E-state index < -0.39 is 17.7 Å². The lowest BCUT2D eigenvalue weighted by Gasteiger charge is -2.23. The highest BCUT2D eigenvalue weighted by molar-refractivity contribution is 7.14. The fourth-order valence-corrected chi connectivity index (χ4v) is 4.16. The van der Waals surface area contributed by atoms with Gasteiger partial charge in [0, 0.05) is 17.1 Å². The molecule has 2 aromatic carbocycles. The summed E-state index contributed by atoms with van der Waals surface area (Å²) in [5.41, 5.74) is 2.48. The van der Waals surface area contributed by atoms with Crippen molar-refractivity contribution in [3.8, 4) is 0 Å². The van der Waals surface area contributed by atoms with E-state index in [9.17, 15) is 14.7 Å². The molecule has 1 fully saturated rings. The first-order chi connectivity index (χ1) is 14.0. The van der Waals surface area contributed by atoms with Crippen molar-refractivity contribution in [3.05, 3.63) is 88.4 Å². The third-order valence-electron chi connectivity index (χ3n) is 5.04. The molecule has 1 N–H and O–H groups in total. The summed E-state index contributed by atoms with van der Waals surface area (Å²) in [5.74, 6) is -1.21. The fraction of sp³-hybridized carbons (Fsp3) is 0.174. The Kier molecular flexibility index (Phi) is 5.03. The van der Waals surface area contributed by atoms with Gasteiger partial charge in [-0.2, -0.15) is 0 Å². The van der Waals surface area contributed by atoms with Crippen LogP contribution >= 0.6 is 11.3 Å². The van der Waals surface area contributed by atoms with Gasteiger partial charge in [-0.25, -0.2) is 4.98 Å². The van der Waals surface area contributed by atoms with Gasteiger partial charge in [0.15, 0.2) is 5.13 Å². The summed E-state index contributed by atoms with van der Waals surface area (Å²) in [5, 5.41) is 13.1. The van der Waals surface area contributed by atoms with Gasteiger partial charge in [-0.1, -0.05) is 68.4 Å². The number of rotatable bonds is 4. The van der Waals surface area contributed by atoms with E-state index in [1.807, 2.05) is 30.3 Å². The predicted molar refractivity (Wildman–Crippen MR) is 114 cm³/mol. The Labute approximate surface area is 173 Å². The van der Waals surface area contributed by atoms with Crippen molar-refractivity contribution in [2.24, 2.45) is 0 Å². The monoisotopic (exact) mass is 404 g/mol. The molecule has 0 spiro atoms. The standard InChI is InChI=1S/C23H20N2O3S/c1-14(2)15-8-10-16(11-9-15)19-18(20(26)17-6-4-3-5-7-17)21(27)22(28)25(19)23-24-12-13-29-23/h3-14,19,26H,1-2H3/t19-/m1/s1. The minimum Gasteiger partial charge on any atom is -0.507 e. The van der Waals surface area contributed by atoms with Gasteiger partial charge in [0.25, 0.3) is 5.78 Å². The molecular weight excluding hydrogens is 384 g/mol. The summed E-state index contributed by atoms with van der Waals surface area (Å²) >= 11 is 1.28. The normalized spacial score (nSPS) is 18.6. The van der Waals surface area contributed by atoms with Crippen LogP contribution in [0.3, 0.4) is 0 Å². The Hall–Kier alpha value is -3.25. The second-order valence-corrected chi connectivity index (χ2v) is 8.04. The zero-order valence-corrected chi connectivity index (χ0v) is 16.9. The average Bonchev–Trinajstić information content (AvgIpc) is 3.35. The van der Waals surface area contributed by atoms with Crippen LogP contribution in [0.2, 0.25) is 0 Å². The van der Waals surface area contributed by atoms with E-state index in [0.29, 0.717) is 16.6 Å². The molecule has 5 nitrogen and oxygen atoms in total. The van der Waals surface area contributed by atoms with Crippen LogP contribution in [0.25, 0.3) is 5.76 Å². The van der Waals surface area contributed by atoms with Gasteiger partial charge >= 0.3 is 5.91 Å². The molecule has 0 bridgehead atoms. The highest BCUT2D eigenvalue weighted by Gasteiger charge is 2.47. The van der Waals surface area contributed by atoms with Crippen LogP contribution in [0.15, 0.2) is 71.7 Å². The molecule has 1 aliphatic rings. The first-order valence-electron chi connectivity index (χ1n) is 9.35. The van der Waals surface area contributed by atoms with Gasteiger partial charge < -0.3 is 5.11 Å². The molecule has 4 rings (SSSR count). The number of benzene rings is 2. The molecule has 1 aromatic heterocycles. The van der Waals surface area contributed by atoms with Crippen molar-refractivity contribution in [1.29, 1.82) is 0 Å². The zero-order chi connectivity index (χ0) is 20.5. The number of carbonyl (C=O) groups excluding carboxylic acids is 2. The molecule has 1 amide bonds. The van der Waals surface area contributed by atoms with E-state index in [1.54, 1.807) is 35.8 Å². The number of hydrogen-bond donors (Lipinski definition) is 1. The highest BCUT2D eigenvalue weighted by Crippen LogP contribution is 2.42. The first-order valence-corrected chi connectivity index (χ1v) is 10.2. The zero-order valence-electron chi connectivity index (χ0n) is 16.1. The van der Waals surface area contributed by atoms with Crippen LogP contribution in [-0.2, 0) is 9.59 Å². The molecule has 146 valence electrons. The number of amides is 1. The summed E-state index contributed by atoms with van der Waals surface area (Å²) in [6, 6.07) is 15.9. The highest BCUT2D eigenvalue weighted by atomic mass is 32.1. The summed E-state index contributed by atoms with van der Waals surface area (Å²) in [6.07, 6.45) is 1.59. The van der Waals surface area contributed by atoms with Crippen LogP contribution in [-0.4, -0.2) is 21.8 Å². The van der Waals surface area contributed by atoms with Crippen LogP contribution in [0, 0.1) is 0 Å². The van der Waals surface area contributed by atoms with Crippen LogP contribution < -0.4 is 4.90 Å². The molecule has 29 heavy (non-hydrogen) atoms. The molecule has 1 atom stereocenters. The molecule has 2 heterocycles. The lowest BCUT2D eigenvalue weighted by molar-refractivity contribution is -0.132. The Bertz CT molecular complexity index is 1070. The minimum absolute atomic E-state index is 0.0775. The van der Waals surface area contributed by atoms with E-state index in [2.05, 4.69) is 18.8 Å². The number of aliphatic hydroxyl groups excluding tert-OH is 1. The van der Waals surface area contributed by atoms with Crippen molar-refractivity contribution in [2.75, 3.05) is 4.90 Å². The molecule has 0 saturated carbocycles. The number of nitrogens with zero attached hydrogens (tertiary/aromatic N) is 2. The summed E-state index contributed by atoms with van der Waals surface area (Å²) in [4.78, 5) is 31.5. The fourth-order valence-electron chi connectivity index (χ4n) is 3.49. The summed E-state index contributed by atoms with van der Waals surface area (Å²) in [6.45, 7) is 4.21. The number of hydrogen-bond acceptors (Lipinski definition) is 5. The molecule has 6 heteroatoms. The van der Waals surface area contributed by atoms with Crippen LogP contribution in [0.1, 0.15) is 42.5 Å². The largest absolute Gasteiger partial charge is 0.507 e. The predicted octanol–water partition coefficient (Wildman–Crippen LogP) is 4.89. The van der Waals surface area contributed by atoms with Gasteiger partial charge in [-0.15, -0.1) is 11.3 Å². The molecule has 1 aliphatic heterocycles. The van der Waals surface area contributed by atoms with Gasteiger partial charge in [0.05, 0.1) is 11.6 Å². The third-order valence-corrected chi connectivity index (χ3v) is 5.81. The number of aliphatic hydroxyl groups is 1. The van der Waals surface area contributed by atoms with Gasteiger partial charge in [-0.05, 0) is 17.0 Å². The van der Waals surface area contributed by atoms with Gasteiger partial charge in [-0.3, -0.25) is 14.5 Å². The maximum Gasteiger partial charge on any atom is 0.301 e. The molecular formula is C23H20N2O3S. The molecule has 1 saturated heterocycles. The molecule has 0 radical (unpaired) electrons. The Morgan fingerprint density at radius 3 is 2.34 bits per heavy atom. The van der Waals surface area contributed by atoms with Crippen LogP contribution in [0.5, 0.6) is 0 Å². The van der Waals surface area contributed by atoms with Gasteiger partial charge in [0.1, 0.15) is 5.76 Å². The maximum atomic E-state index is 13.0. The molecule has 0 aliphatic carbocycles. The Morgan fingerprint density at radius 2 is 1.76 bits per heavy atom. The lowest BCUT2D eigenvalue weighted by atomic mass is 9.93. The van der Waals surface area contributed by atoms with E-state index >= 15 is 0 Å². The van der Waals surface area contributed by atoms with E-state index in [0.717, 1.165) is 11.1 Å². The van der Waals surface area contributed by atoms with E-state index in [1.165, 1.54) is 16.2 Å². The molecule has 3 aromatic rings. The number of thiazole rings is 1. The van der Waals surface area contributed by atoms with Crippen molar-refractivity contribution in [3.63, 3.8) is 0 Å². The van der Waals surface area contributed by atoms with Crippen molar-refractivity contribution >= 4 is 33.9 Å². The van der Waals surface area contributed by atoms with Crippen molar-refractivity contribution in [1.82, 2.24) is 4.98 Å². The van der Waals surface area contributed by atoms with E-state index in [4.69, 9.17) is 0 Å². The number of aromatic nitrogens is 1. The summed E-state index contributed by atoms with van der Waals surface area (Å²) < 4.78 is 0. The quantitative estimate of drug-likeness (QED) is 0.382. The van der Waals surface area contributed by atoms with Crippen LogP contribution in [0.4, 0.5) is 5.13 Å². The second kappa shape index (κ2) is 7.64.